The van der Waals surface area contributed by atoms with E-state index in [1.807, 2.05) is 13.0 Å². The van der Waals surface area contributed by atoms with E-state index in [0.717, 1.165) is 30.8 Å². The van der Waals surface area contributed by atoms with E-state index in [9.17, 15) is 4.39 Å². The summed E-state index contributed by atoms with van der Waals surface area (Å²) in [5.74, 6) is -0.0890. The van der Waals surface area contributed by atoms with E-state index in [0.29, 0.717) is 12.1 Å². The van der Waals surface area contributed by atoms with Crippen LogP contribution in [-0.2, 0) is 0 Å². The third kappa shape index (κ3) is 3.80. The Balaban J connectivity index is 1.91. The molecule has 112 valence electrons. The Kier molecular flexibility index (Phi) is 5.55. The Morgan fingerprint density at radius 2 is 2.05 bits per heavy atom. The first-order valence-electron chi connectivity index (χ1n) is 7.85. The third-order valence-electron chi connectivity index (χ3n) is 4.44. The first-order valence-corrected chi connectivity index (χ1v) is 7.85. The second-order valence-corrected chi connectivity index (χ2v) is 5.95. The molecule has 1 aromatic rings. The lowest BCUT2D eigenvalue weighted by Gasteiger charge is -2.36. The third-order valence-corrected chi connectivity index (χ3v) is 4.44. The SMILES string of the molecule is CCCNC1CCN(C(C)c2ccc(C)c(F)c2)CC1. The lowest BCUT2D eigenvalue weighted by Crippen LogP contribution is -2.43. The molecule has 0 saturated carbocycles. The first-order chi connectivity index (χ1) is 9.61. The molecule has 1 saturated heterocycles. The maximum Gasteiger partial charge on any atom is 0.126 e. The van der Waals surface area contributed by atoms with E-state index in [2.05, 4.69) is 30.1 Å². The van der Waals surface area contributed by atoms with Crippen LogP contribution >= 0.6 is 0 Å². The van der Waals surface area contributed by atoms with Crippen LogP contribution < -0.4 is 5.32 Å². The van der Waals surface area contributed by atoms with Crippen LogP contribution in [0.5, 0.6) is 0 Å². The lowest BCUT2D eigenvalue weighted by atomic mass is 9.99. The molecular weight excluding hydrogens is 251 g/mol. The fourth-order valence-corrected chi connectivity index (χ4v) is 2.92. The number of likely N-dealkylation sites (tertiary alicyclic amines) is 1. The van der Waals surface area contributed by atoms with Gasteiger partial charge in [-0.2, -0.15) is 0 Å². The number of rotatable bonds is 5. The zero-order valence-electron chi connectivity index (χ0n) is 13.0. The van der Waals surface area contributed by atoms with Crippen LogP contribution in [0.15, 0.2) is 18.2 Å². The van der Waals surface area contributed by atoms with Crippen molar-refractivity contribution < 1.29 is 4.39 Å². The maximum absolute atomic E-state index is 13.7. The highest BCUT2D eigenvalue weighted by Crippen LogP contribution is 2.25. The molecule has 1 atom stereocenters. The number of halogens is 1. The van der Waals surface area contributed by atoms with Gasteiger partial charge in [0.05, 0.1) is 0 Å². The number of nitrogens with one attached hydrogen (secondary N) is 1. The summed E-state index contributed by atoms with van der Waals surface area (Å²) in [6, 6.07) is 6.60. The second-order valence-electron chi connectivity index (χ2n) is 5.95. The number of aryl methyl sites for hydroxylation is 1. The van der Waals surface area contributed by atoms with Crippen molar-refractivity contribution in [3.8, 4) is 0 Å². The van der Waals surface area contributed by atoms with Gasteiger partial charge in [0, 0.05) is 25.2 Å². The van der Waals surface area contributed by atoms with Crippen LogP contribution in [0.3, 0.4) is 0 Å². The molecule has 1 aromatic carbocycles. The molecule has 2 nitrogen and oxygen atoms in total. The molecule has 0 spiro atoms. The van der Waals surface area contributed by atoms with E-state index < -0.39 is 0 Å². The minimum atomic E-state index is -0.0890. The predicted molar refractivity (Wildman–Crippen MR) is 82.4 cm³/mol. The van der Waals surface area contributed by atoms with Gasteiger partial charge in [0.2, 0.25) is 0 Å². The minimum Gasteiger partial charge on any atom is -0.314 e. The van der Waals surface area contributed by atoms with E-state index in [4.69, 9.17) is 0 Å². The standard InChI is InChI=1S/C17H27FN2/c1-4-9-19-16-7-10-20(11-8-16)14(3)15-6-5-13(2)17(18)12-15/h5-6,12,14,16,19H,4,7-11H2,1-3H3. The van der Waals surface area contributed by atoms with Crippen molar-refractivity contribution in [3.05, 3.63) is 35.1 Å². The molecule has 1 heterocycles. The summed E-state index contributed by atoms with van der Waals surface area (Å²) in [4.78, 5) is 2.47. The molecule has 3 heteroatoms. The van der Waals surface area contributed by atoms with E-state index in [1.54, 1.807) is 6.07 Å². The van der Waals surface area contributed by atoms with Gasteiger partial charge in [-0.3, -0.25) is 4.90 Å². The fourth-order valence-electron chi connectivity index (χ4n) is 2.92. The van der Waals surface area contributed by atoms with Crippen LogP contribution in [0.2, 0.25) is 0 Å². The molecule has 2 rings (SSSR count). The number of hydrogen-bond acceptors (Lipinski definition) is 2. The molecule has 1 unspecified atom stereocenters. The van der Waals surface area contributed by atoms with Gasteiger partial charge in [0.25, 0.3) is 0 Å². The highest BCUT2D eigenvalue weighted by molar-refractivity contribution is 5.25. The number of nitrogens with zero attached hydrogens (tertiary/aromatic N) is 1. The summed E-state index contributed by atoms with van der Waals surface area (Å²) in [6.45, 7) is 9.51. The molecular formula is C17H27FN2. The Morgan fingerprint density at radius 1 is 1.35 bits per heavy atom. The van der Waals surface area contributed by atoms with Crippen molar-refractivity contribution in [2.75, 3.05) is 19.6 Å². The van der Waals surface area contributed by atoms with Crippen LogP contribution in [0.4, 0.5) is 4.39 Å². The Bertz CT molecular complexity index is 425. The van der Waals surface area contributed by atoms with Gasteiger partial charge in [-0.25, -0.2) is 4.39 Å². The van der Waals surface area contributed by atoms with Crippen LogP contribution in [0.1, 0.15) is 50.3 Å². The summed E-state index contributed by atoms with van der Waals surface area (Å²) >= 11 is 0. The molecule has 1 fully saturated rings. The molecule has 1 N–H and O–H groups in total. The molecule has 0 aliphatic carbocycles. The molecule has 1 aliphatic heterocycles. The van der Waals surface area contributed by atoms with Crippen LogP contribution in [0.25, 0.3) is 0 Å². The van der Waals surface area contributed by atoms with Crippen molar-refractivity contribution in [2.24, 2.45) is 0 Å². The Hall–Kier alpha value is -0.930. The normalized spacial score (nSPS) is 19.2. The van der Waals surface area contributed by atoms with Gasteiger partial charge in [0.1, 0.15) is 5.82 Å². The zero-order chi connectivity index (χ0) is 14.5. The summed E-state index contributed by atoms with van der Waals surface area (Å²) in [5.41, 5.74) is 1.82. The fraction of sp³-hybridized carbons (Fsp3) is 0.647. The molecule has 0 bridgehead atoms. The molecule has 0 aromatic heterocycles. The maximum atomic E-state index is 13.7. The van der Waals surface area contributed by atoms with Gasteiger partial charge < -0.3 is 5.32 Å². The van der Waals surface area contributed by atoms with E-state index in [-0.39, 0.29) is 5.82 Å². The number of piperidine rings is 1. The van der Waals surface area contributed by atoms with Gasteiger partial charge >= 0.3 is 0 Å². The first kappa shape index (κ1) is 15.5. The van der Waals surface area contributed by atoms with Crippen LogP contribution in [0, 0.1) is 12.7 Å². The summed E-state index contributed by atoms with van der Waals surface area (Å²) in [7, 11) is 0. The van der Waals surface area contributed by atoms with Crippen molar-refractivity contribution in [1.29, 1.82) is 0 Å². The molecule has 0 amide bonds. The van der Waals surface area contributed by atoms with Crippen molar-refractivity contribution in [3.63, 3.8) is 0 Å². The Morgan fingerprint density at radius 3 is 2.65 bits per heavy atom. The average Bonchev–Trinajstić information content (AvgIpc) is 2.48. The minimum absolute atomic E-state index is 0.0890. The summed E-state index contributed by atoms with van der Waals surface area (Å²) in [5, 5.41) is 3.60. The summed E-state index contributed by atoms with van der Waals surface area (Å²) < 4.78 is 13.7. The van der Waals surface area contributed by atoms with E-state index >= 15 is 0 Å². The monoisotopic (exact) mass is 278 g/mol. The molecule has 1 aliphatic rings. The van der Waals surface area contributed by atoms with Gasteiger partial charge in [-0.05, 0) is 56.8 Å². The van der Waals surface area contributed by atoms with Crippen molar-refractivity contribution in [1.82, 2.24) is 10.2 Å². The van der Waals surface area contributed by atoms with Gasteiger partial charge in [0.15, 0.2) is 0 Å². The van der Waals surface area contributed by atoms with Crippen molar-refractivity contribution >= 4 is 0 Å². The second kappa shape index (κ2) is 7.19. The zero-order valence-corrected chi connectivity index (χ0v) is 13.0. The van der Waals surface area contributed by atoms with Crippen molar-refractivity contribution in [2.45, 2.75) is 52.1 Å². The molecule has 20 heavy (non-hydrogen) atoms. The van der Waals surface area contributed by atoms with Gasteiger partial charge in [-0.15, -0.1) is 0 Å². The van der Waals surface area contributed by atoms with Gasteiger partial charge in [-0.1, -0.05) is 19.1 Å². The molecule has 0 radical (unpaired) electrons. The number of benzene rings is 1. The topological polar surface area (TPSA) is 15.3 Å². The summed E-state index contributed by atoms with van der Waals surface area (Å²) in [6.07, 6.45) is 3.58. The quantitative estimate of drug-likeness (QED) is 0.884. The number of hydrogen-bond donors (Lipinski definition) is 1. The van der Waals surface area contributed by atoms with E-state index in [1.165, 1.54) is 19.3 Å². The highest BCUT2D eigenvalue weighted by atomic mass is 19.1. The predicted octanol–water partition coefficient (Wildman–Crippen LogP) is 3.66. The smallest absolute Gasteiger partial charge is 0.126 e. The largest absolute Gasteiger partial charge is 0.314 e. The lowest BCUT2D eigenvalue weighted by molar-refractivity contribution is 0.152. The Labute approximate surface area is 122 Å². The highest BCUT2D eigenvalue weighted by Gasteiger charge is 2.23. The average molecular weight is 278 g/mol. The van der Waals surface area contributed by atoms with Crippen LogP contribution in [-0.4, -0.2) is 30.6 Å².